The Morgan fingerprint density at radius 1 is 1.19 bits per heavy atom. The van der Waals surface area contributed by atoms with Crippen LogP contribution in [-0.2, 0) is 4.79 Å². The van der Waals surface area contributed by atoms with Gasteiger partial charge in [0.1, 0.15) is 11.6 Å². The van der Waals surface area contributed by atoms with Crippen molar-refractivity contribution < 1.29 is 14.5 Å². The molecule has 0 radical (unpaired) electrons. The zero-order valence-corrected chi connectivity index (χ0v) is 14.7. The highest BCUT2D eigenvalue weighted by Gasteiger charge is 2.12. The van der Waals surface area contributed by atoms with Crippen LogP contribution < -0.4 is 5.32 Å². The predicted octanol–water partition coefficient (Wildman–Crippen LogP) is 2.84. The summed E-state index contributed by atoms with van der Waals surface area (Å²) in [5, 5.41) is 22.6. The third-order valence-electron chi connectivity index (χ3n) is 3.55. The first-order valence-electron chi connectivity index (χ1n) is 7.81. The van der Waals surface area contributed by atoms with Crippen molar-refractivity contribution in [1.82, 2.24) is 4.90 Å². The van der Waals surface area contributed by atoms with E-state index in [1.54, 1.807) is 50.5 Å². The maximum Gasteiger partial charge on any atom is 0.270 e. The molecule has 0 saturated heterocycles. The lowest BCUT2D eigenvalue weighted by atomic mass is 10.1. The number of nitrogens with one attached hydrogen (secondary N) is 1. The molecule has 0 fully saturated rings. The first kappa shape index (κ1) is 19.3. The maximum atomic E-state index is 12.3. The molecule has 0 aliphatic heterocycles. The van der Waals surface area contributed by atoms with E-state index in [1.807, 2.05) is 0 Å². The number of nitriles is 1. The van der Waals surface area contributed by atoms with Crippen LogP contribution in [0, 0.1) is 21.4 Å². The Kier molecular flexibility index (Phi) is 6.02. The van der Waals surface area contributed by atoms with E-state index in [9.17, 15) is 25.0 Å². The van der Waals surface area contributed by atoms with Crippen molar-refractivity contribution in [2.24, 2.45) is 0 Å². The second-order valence-corrected chi connectivity index (χ2v) is 5.75. The molecule has 0 aliphatic rings. The molecule has 8 nitrogen and oxygen atoms in total. The first-order chi connectivity index (χ1) is 12.8. The number of hydrogen-bond donors (Lipinski definition) is 1. The standard InChI is InChI=1S/C19H16N4O4/c1-22(2)19(25)14-6-8-16(9-7-14)21-18(24)15(12-20)10-13-4-3-5-17(11-13)23(26)27/h3-11H,1-2H3,(H,21,24)/b15-10-. The van der Waals surface area contributed by atoms with E-state index < -0.39 is 10.8 Å². The molecule has 0 saturated carbocycles. The summed E-state index contributed by atoms with van der Waals surface area (Å²) < 4.78 is 0. The fraction of sp³-hybridized carbons (Fsp3) is 0.105. The number of amides is 2. The number of carbonyl (C=O) groups excluding carboxylic acids is 2. The van der Waals surface area contributed by atoms with Crippen LogP contribution in [-0.4, -0.2) is 35.7 Å². The monoisotopic (exact) mass is 364 g/mol. The topological polar surface area (TPSA) is 116 Å². The highest BCUT2D eigenvalue weighted by molar-refractivity contribution is 6.09. The van der Waals surface area contributed by atoms with Crippen LogP contribution in [0.1, 0.15) is 15.9 Å². The Morgan fingerprint density at radius 2 is 1.85 bits per heavy atom. The van der Waals surface area contributed by atoms with Gasteiger partial charge >= 0.3 is 0 Å². The lowest BCUT2D eigenvalue weighted by molar-refractivity contribution is -0.384. The van der Waals surface area contributed by atoms with Gasteiger partial charge in [0.2, 0.25) is 0 Å². The second kappa shape index (κ2) is 8.40. The molecular weight excluding hydrogens is 348 g/mol. The van der Waals surface area contributed by atoms with Gasteiger partial charge in [-0.25, -0.2) is 0 Å². The van der Waals surface area contributed by atoms with Gasteiger partial charge in [-0.15, -0.1) is 0 Å². The van der Waals surface area contributed by atoms with Crippen LogP contribution in [0.4, 0.5) is 11.4 Å². The average molecular weight is 364 g/mol. The molecule has 2 aromatic rings. The Hall–Kier alpha value is -3.99. The molecule has 0 heterocycles. The van der Waals surface area contributed by atoms with Crippen LogP contribution in [0.15, 0.2) is 54.1 Å². The molecule has 0 spiro atoms. The van der Waals surface area contributed by atoms with Gasteiger partial charge in [0.15, 0.2) is 0 Å². The number of rotatable bonds is 5. The number of anilines is 1. The van der Waals surface area contributed by atoms with Crippen molar-refractivity contribution >= 4 is 29.3 Å². The molecule has 2 aromatic carbocycles. The van der Waals surface area contributed by atoms with Crippen molar-refractivity contribution in [2.45, 2.75) is 0 Å². The molecule has 8 heteroatoms. The molecule has 2 amide bonds. The quantitative estimate of drug-likeness (QED) is 0.379. The zero-order chi connectivity index (χ0) is 20.0. The summed E-state index contributed by atoms with van der Waals surface area (Å²) in [6.45, 7) is 0. The molecule has 136 valence electrons. The van der Waals surface area contributed by atoms with E-state index in [2.05, 4.69) is 5.32 Å². The smallest absolute Gasteiger partial charge is 0.270 e. The Bertz CT molecular complexity index is 956. The van der Waals surface area contributed by atoms with Crippen LogP contribution >= 0.6 is 0 Å². The predicted molar refractivity (Wildman–Crippen MR) is 99.8 cm³/mol. The highest BCUT2D eigenvalue weighted by Crippen LogP contribution is 2.17. The average Bonchev–Trinajstić information content (AvgIpc) is 2.66. The fourth-order valence-electron chi connectivity index (χ4n) is 2.20. The summed E-state index contributed by atoms with van der Waals surface area (Å²) >= 11 is 0. The number of non-ortho nitro benzene ring substituents is 1. The maximum absolute atomic E-state index is 12.3. The summed E-state index contributed by atoms with van der Waals surface area (Å²) in [5.74, 6) is -0.827. The minimum Gasteiger partial charge on any atom is -0.345 e. The third-order valence-corrected chi connectivity index (χ3v) is 3.55. The summed E-state index contributed by atoms with van der Waals surface area (Å²) in [4.78, 5) is 35.8. The van der Waals surface area contributed by atoms with Crippen molar-refractivity contribution in [1.29, 1.82) is 5.26 Å². The van der Waals surface area contributed by atoms with E-state index in [0.29, 0.717) is 16.8 Å². The van der Waals surface area contributed by atoms with Gasteiger partial charge in [-0.2, -0.15) is 5.26 Å². The number of nitrogens with zero attached hydrogens (tertiary/aromatic N) is 3. The molecule has 27 heavy (non-hydrogen) atoms. The third kappa shape index (κ3) is 4.99. The Balaban J connectivity index is 2.18. The summed E-state index contributed by atoms with van der Waals surface area (Å²) in [6.07, 6.45) is 1.27. The Labute approximate surface area is 155 Å². The molecule has 0 aliphatic carbocycles. The first-order valence-corrected chi connectivity index (χ1v) is 7.81. The second-order valence-electron chi connectivity index (χ2n) is 5.75. The lowest BCUT2D eigenvalue weighted by Crippen LogP contribution is -2.21. The number of nitro groups is 1. The highest BCUT2D eigenvalue weighted by atomic mass is 16.6. The van der Waals surface area contributed by atoms with Gasteiger partial charge < -0.3 is 10.2 Å². The van der Waals surface area contributed by atoms with Crippen LogP contribution in [0.5, 0.6) is 0 Å². The van der Waals surface area contributed by atoms with E-state index in [-0.39, 0.29) is 17.2 Å². The minimum absolute atomic E-state index is 0.136. The Morgan fingerprint density at radius 3 is 2.41 bits per heavy atom. The van der Waals surface area contributed by atoms with E-state index >= 15 is 0 Å². The lowest BCUT2D eigenvalue weighted by Gasteiger charge is -2.10. The molecule has 2 rings (SSSR count). The van der Waals surface area contributed by atoms with Gasteiger partial charge in [0.05, 0.1) is 4.92 Å². The van der Waals surface area contributed by atoms with E-state index in [0.717, 1.165) is 0 Å². The molecule has 1 N–H and O–H groups in total. The van der Waals surface area contributed by atoms with E-state index in [4.69, 9.17) is 0 Å². The van der Waals surface area contributed by atoms with Crippen molar-refractivity contribution in [3.63, 3.8) is 0 Å². The van der Waals surface area contributed by atoms with Gasteiger partial charge in [0.25, 0.3) is 17.5 Å². The molecule has 0 atom stereocenters. The summed E-state index contributed by atoms with van der Waals surface area (Å²) in [6, 6.07) is 13.6. The number of carbonyl (C=O) groups is 2. The summed E-state index contributed by atoms with van der Waals surface area (Å²) in [7, 11) is 3.27. The largest absolute Gasteiger partial charge is 0.345 e. The van der Waals surface area contributed by atoms with Crippen molar-refractivity contribution in [3.05, 3.63) is 75.3 Å². The molecule has 0 unspecified atom stereocenters. The summed E-state index contributed by atoms with van der Waals surface area (Å²) in [5.41, 5.74) is 0.899. The van der Waals surface area contributed by atoms with Crippen LogP contribution in [0.2, 0.25) is 0 Å². The fourth-order valence-corrected chi connectivity index (χ4v) is 2.20. The van der Waals surface area contributed by atoms with Gasteiger partial charge in [-0.1, -0.05) is 12.1 Å². The van der Waals surface area contributed by atoms with Crippen molar-refractivity contribution in [3.8, 4) is 6.07 Å². The van der Waals surface area contributed by atoms with E-state index in [1.165, 1.54) is 29.2 Å². The molecule has 0 bridgehead atoms. The van der Waals surface area contributed by atoms with Crippen LogP contribution in [0.25, 0.3) is 6.08 Å². The molecule has 0 aromatic heterocycles. The number of benzene rings is 2. The number of nitro benzene ring substituents is 1. The van der Waals surface area contributed by atoms with Gasteiger partial charge in [-0.05, 0) is 35.9 Å². The van der Waals surface area contributed by atoms with Gasteiger partial charge in [0, 0.05) is 37.5 Å². The normalized spacial score (nSPS) is 10.6. The number of hydrogen-bond acceptors (Lipinski definition) is 5. The molecular formula is C19H16N4O4. The van der Waals surface area contributed by atoms with Gasteiger partial charge in [-0.3, -0.25) is 19.7 Å². The van der Waals surface area contributed by atoms with Crippen molar-refractivity contribution in [2.75, 3.05) is 19.4 Å². The van der Waals surface area contributed by atoms with Crippen LogP contribution in [0.3, 0.4) is 0 Å². The zero-order valence-electron chi connectivity index (χ0n) is 14.7. The minimum atomic E-state index is -0.657. The SMILES string of the molecule is CN(C)C(=O)c1ccc(NC(=O)/C(C#N)=C\c2cccc([N+](=O)[O-])c2)cc1.